The van der Waals surface area contributed by atoms with Gasteiger partial charge in [-0.1, -0.05) is 0 Å². The van der Waals surface area contributed by atoms with E-state index in [1.54, 1.807) is 0 Å². The largest absolute Gasteiger partial charge is 1.00 e. The molecule has 6 nitrogen and oxygen atoms in total. The number of rotatable bonds is 3. The quantitative estimate of drug-likeness (QED) is 0.483. The molecule has 0 aromatic rings. The van der Waals surface area contributed by atoms with E-state index in [2.05, 4.69) is 14.0 Å². The average Bonchev–Trinajstić information content (AvgIpc) is 1.80. The minimum absolute atomic E-state index is 0. The molecule has 0 rings (SSSR count). The fourth-order valence-electron chi connectivity index (χ4n) is 0.586. The topological polar surface area (TPSA) is 78.9 Å². The van der Waals surface area contributed by atoms with Crippen molar-refractivity contribution < 1.29 is 95.6 Å². The van der Waals surface area contributed by atoms with E-state index in [0.717, 1.165) is 20.8 Å². The molecule has 0 aromatic heterocycles. The molecule has 0 N–H and O–H groups in total. The second-order valence-corrected chi connectivity index (χ2v) is 2.26. The van der Waals surface area contributed by atoms with E-state index in [0.29, 0.717) is 0 Å². The second kappa shape index (κ2) is 11.2. The average molecular weight is 252 g/mol. The summed E-state index contributed by atoms with van der Waals surface area (Å²) in [5.74, 6) is -2.03. The van der Waals surface area contributed by atoms with Crippen LogP contribution in [0.1, 0.15) is 20.8 Å². The Morgan fingerprint density at radius 1 is 0.800 bits per heavy atom. The van der Waals surface area contributed by atoms with Crippen molar-refractivity contribution in [2.45, 2.75) is 20.8 Å². The molecule has 0 unspecified atom stereocenters. The Labute approximate surface area is 140 Å². The minimum Gasteiger partial charge on any atom is -0.625 e. The Balaban J connectivity index is -0.000000720. The van der Waals surface area contributed by atoms with Gasteiger partial charge in [0.05, 0.1) is 0 Å². The number of hydrogen-bond donors (Lipinski definition) is 0. The molecule has 0 fully saturated rings. The predicted octanol–water partition coefficient (Wildman–Crippen LogP) is -3.60. The van der Waals surface area contributed by atoms with Crippen LogP contribution in [-0.4, -0.2) is 25.2 Å². The van der Waals surface area contributed by atoms with Crippen molar-refractivity contribution >= 4 is 25.2 Å². The molecule has 0 saturated carbocycles. The fourth-order valence-corrected chi connectivity index (χ4v) is 0.586. The van der Waals surface area contributed by atoms with Crippen LogP contribution < -0.4 is 29.6 Å². The van der Waals surface area contributed by atoms with Gasteiger partial charge in [-0.15, -0.1) is 0 Å². The van der Waals surface area contributed by atoms with Crippen molar-refractivity contribution in [1.82, 2.24) is 0 Å². The molecule has 15 heavy (non-hydrogen) atoms. The first kappa shape index (κ1) is 21.1. The van der Waals surface area contributed by atoms with E-state index in [1.165, 1.54) is 0 Å². The van der Waals surface area contributed by atoms with Gasteiger partial charge in [0, 0.05) is 58.5 Å². The predicted molar refractivity (Wildman–Crippen MR) is 42.4 cm³/mol. The van der Waals surface area contributed by atoms with Crippen molar-refractivity contribution in [2.24, 2.45) is 0 Å². The third-order valence-corrected chi connectivity index (χ3v) is 0.963. The van der Waals surface area contributed by atoms with Crippen LogP contribution in [-0.2, 0) is 28.3 Å². The maximum absolute atomic E-state index is 10.4. The first-order valence-electron chi connectivity index (χ1n) is 3.59. The summed E-state index contributed by atoms with van der Waals surface area (Å²) in [5, 5.41) is 0. The zero-order valence-electron chi connectivity index (χ0n) is 9.01. The summed E-state index contributed by atoms with van der Waals surface area (Å²) < 4.78 is 13.3. The molecular formula is C6H10ArBNaO6. The Morgan fingerprint density at radius 2 is 1.00 bits per heavy atom. The van der Waals surface area contributed by atoms with Crippen LogP contribution in [0.3, 0.4) is 0 Å². The smallest absolute Gasteiger partial charge is 0.625 e. The molecule has 0 heterocycles. The van der Waals surface area contributed by atoms with Crippen molar-refractivity contribution in [1.29, 1.82) is 0 Å². The summed E-state index contributed by atoms with van der Waals surface area (Å²) in [7, 11) is -2.41. The summed E-state index contributed by atoms with van der Waals surface area (Å²) in [6.45, 7) is 3.35. The molecule has 0 spiro atoms. The molecule has 0 atom stereocenters. The fraction of sp³-hybridized carbons (Fsp3) is 0.500. The maximum Gasteiger partial charge on any atom is 1.00 e. The molecule has 0 radical (unpaired) electrons. The molecular weight excluding hydrogens is 242 g/mol. The SMILES string of the molecule is CC(=O)O[BH-](OC(C)=O)OC(C)=O.[Ar].[Na+]. The van der Waals surface area contributed by atoms with Crippen LogP contribution in [0, 0.1) is 37.7 Å². The van der Waals surface area contributed by atoms with Gasteiger partial charge in [-0.2, -0.15) is 0 Å². The Hall–Kier alpha value is 0.735. The van der Waals surface area contributed by atoms with E-state index in [-0.39, 0.29) is 67.3 Å². The monoisotopic (exact) mass is 252 g/mol. The van der Waals surface area contributed by atoms with Crippen molar-refractivity contribution in [3.05, 3.63) is 0 Å². The number of carbonyl (C=O) groups is 3. The van der Waals surface area contributed by atoms with Crippen LogP contribution in [0.2, 0.25) is 0 Å². The van der Waals surface area contributed by atoms with Crippen molar-refractivity contribution in [3.63, 3.8) is 0 Å². The molecule has 0 aliphatic heterocycles. The minimum atomic E-state index is -2.41. The third-order valence-electron chi connectivity index (χ3n) is 0.963. The van der Waals surface area contributed by atoms with E-state index in [9.17, 15) is 14.4 Å². The van der Waals surface area contributed by atoms with Crippen molar-refractivity contribution in [2.75, 3.05) is 0 Å². The molecule has 9 heteroatoms. The van der Waals surface area contributed by atoms with Gasteiger partial charge < -0.3 is 14.0 Å². The zero-order chi connectivity index (χ0) is 10.4. The van der Waals surface area contributed by atoms with Crippen LogP contribution in [0.5, 0.6) is 0 Å². The van der Waals surface area contributed by atoms with Gasteiger partial charge in [-0.25, -0.2) is 0 Å². The number of carbonyl (C=O) groups excluding carboxylic acids is 3. The summed E-state index contributed by atoms with van der Waals surface area (Å²) in [5.41, 5.74) is 0. The summed E-state index contributed by atoms with van der Waals surface area (Å²) >= 11 is 0. The van der Waals surface area contributed by atoms with Crippen LogP contribution >= 0.6 is 0 Å². The molecule has 0 bridgehead atoms. The molecule has 82 valence electrons. The molecule has 0 aliphatic rings. The van der Waals surface area contributed by atoms with Gasteiger partial charge in [0.15, 0.2) is 0 Å². The Bertz CT molecular complexity index is 198. The Kier molecular flexibility index (Phi) is 15.8. The van der Waals surface area contributed by atoms with Gasteiger partial charge in [0.2, 0.25) is 0 Å². The van der Waals surface area contributed by atoms with Crippen molar-refractivity contribution in [3.8, 4) is 0 Å². The summed E-state index contributed by atoms with van der Waals surface area (Å²) in [6, 6.07) is 0. The van der Waals surface area contributed by atoms with Crippen LogP contribution in [0.15, 0.2) is 0 Å². The normalized spacial score (nSPS) is 8.00. The van der Waals surface area contributed by atoms with Gasteiger partial charge in [-0.05, 0) is 0 Å². The maximum atomic E-state index is 10.4. The van der Waals surface area contributed by atoms with Crippen LogP contribution in [0.4, 0.5) is 0 Å². The molecule has 0 amide bonds. The van der Waals surface area contributed by atoms with E-state index >= 15 is 0 Å². The standard InChI is InChI=1S/C6H10BO6.Ar.Na/c1-4(8)11-7(12-5(2)9)13-6(3)10;;/h7H,1-3H3;;/q-1;;+1. The first-order valence-corrected chi connectivity index (χ1v) is 3.59. The van der Waals surface area contributed by atoms with Gasteiger partial charge in [-0.3, -0.25) is 14.4 Å². The Morgan fingerprint density at radius 3 is 1.13 bits per heavy atom. The molecule has 0 aromatic carbocycles. The summed E-state index contributed by atoms with van der Waals surface area (Å²) in [4.78, 5) is 31.3. The second-order valence-electron chi connectivity index (χ2n) is 2.26. The van der Waals surface area contributed by atoms with E-state index < -0.39 is 25.2 Å². The zero-order valence-corrected chi connectivity index (χ0v) is 11.7. The van der Waals surface area contributed by atoms with Gasteiger partial charge in [0.25, 0.3) is 17.9 Å². The van der Waals surface area contributed by atoms with E-state index in [1.807, 2.05) is 0 Å². The number of hydrogen-bond acceptors (Lipinski definition) is 6. The molecule has 0 saturated heterocycles. The summed E-state index contributed by atoms with van der Waals surface area (Å²) in [6.07, 6.45) is 0. The van der Waals surface area contributed by atoms with Crippen LogP contribution in [0.25, 0.3) is 0 Å². The van der Waals surface area contributed by atoms with E-state index in [4.69, 9.17) is 0 Å². The molecule has 0 aliphatic carbocycles. The van der Waals surface area contributed by atoms with Gasteiger partial charge in [0.1, 0.15) is 0 Å². The first-order chi connectivity index (χ1) is 5.91. The van der Waals surface area contributed by atoms with Gasteiger partial charge >= 0.3 is 36.9 Å². The third kappa shape index (κ3) is 14.7.